The van der Waals surface area contributed by atoms with Gasteiger partial charge in [0, 0.05) is 0 Å². The number of quaternary nitrogens is 1. The second kappa shape index (κ2) is 3.86. The molecule has 0 spiro atoms. The van der Waals surface area contributed by atoms with E-state index < -0.39 is 0 Å². The van der Waals surface area contributed by atoms with Crippen LogP contribution in [0.3, 0.4) is 0 Å². The van der Waals surface area contributed by atoms with Gasteiger partial charge in [-0.2, -0.15) is 0 Å². The molecule has 2 heteroatoms. The van der Waals surface area contributed by atoms with E-state index in [1.54, 1.807) is 0 Å². The summed E-state index contributed by atoms with van der Waals surface area (Å²) < 4.78 is 0.830. The highest BCUT2D eigenvalue weighted by molar-refractivity contribution is 5.47. The smallest absolute Gasteiger partial charge is 0.124 e. The molecule has 0 aliphatic rings. The summed E-state index contributed by atoms with van der Waals surface area (Å²) in [5, 5.41) is 9.95. The van der Waals surface area contributed by atoms with Crippen LogP contribution < -0.4 is 0 Å². The topological polar surface area (TPSA) is 20.2 Å². The van der Waals surface area contributed by atoms with Crippen LogP contribution in [0.2, 0.25) is 0 Å². The first kappa shape index (κ1) is 12.1. The zero-order valence-corrected chi connectivity index (χ0v) is 10.7. The third-order valence-electron chi connectivity index (χ3n) is 2.90. The minimum absolute atomic E-state index is 0.434. The first-order valence-corrected chi connectivity index (χ1v) is 5.31. The lowest BCUT2D eigenvalue weighted by atomic mass is 9.97. The van der Waals surface area contributed by atoms with Crippen LogP contribution in [0.25, 0.3) is 0 Å². The highest BCUT2D eigenvalue weighted by Crippen LogP contribution is 2.28. The van der Waals surface area contributed by atoms with E-state index in [0.29, 0.717) is 5.75 Å². The monoisotopic (exact) mass is 208 g/mol. The quantitative estimate of drug-likeness (QED) is 0.740. The van der Waals surface area contributed by atoms with Crippen LogP contribution in [-0.4, -0.2) is 30.7 Å². The van der Waals surface area contributed by atoms with Gasteiger partial charge in [0.2, 0.25) is 0 Å². The van der Waals surface area contributed by atoms with Crippen LogP contribution in [0, 0.1) is 20.8 Å². The number of nitrogens with zero attached hydrogens (tertiary/aromatic N) is 1. The Bertz CT molecular complexity index is 375. The van der Waals surface area contributed by atoms with E-state index in [0.717, 1.165) is 22.2 Å². The van der Waals surface area contributed by atoms with Crippen molar-refractivity contribution in [1.82, 2.24) is 0 Å². The Morgan fingerprint density at radius 2 is 1.60 bits per heavy atom. The van der Waals surface area contributed by atoms with Gasteiger partial charge in [-0.15, -0.1) is 0 Å². The summed E-state index contributed by atoms with van der Waals surface area (Å²) in [6.45, 7) is 7.10. The largest absolute Gasteiger partial charge is 0.507 e. The molecule has 0 bridgehead atoms. The highest BCUT2D eigenvalue weighted by atomic mass is 16.3. The van der Waals surface area contributed by atoms with E-state index in [1.807, 2.05) is 13.0 Å². The first-order chi connectivity index (χ1) is 6.72. The second-order valence-corrected chi connectivity index (χ2v) is 5.39. The van der Waals surface area contributed by atoms with Gasteiger partial charge in [-0.3, -0.25) is 0 Å². The second-order valence-electron chi connectivity index (χ2n) is 5.39. The summed E-state index contributed by atoms with van der Waals surface area (Å²) in [6, 6.07) is 1.87. The van der Waals surface area contributed by atoms with Crippen molar-refractivity contribution in [2.75, 3.05) is 21.1 Å². The van der Waals surface area contributed by atoms with Crippen molar-refractivity contribution in [1.29, 1.82) is 0 Å². The van der Waals surface area contributed by atoms with Gasteiger partial charge in [-0.05, 0) is 43.5 Å². The van der Waals surface area contributed by atoms with Crippen molar-refractivity contribution < 1.29 is 9.59 Å². The average molecular weight is 208 g/mol. The Morgan fingerprint density at radius 1 is 1.07 bits per heavy atom. The first-order valence-electron chi connectivity index (χ1n) is 5.31. The molecule has 1 aromatic rings. The van der Waals surface area contributed by atoms with Gasteiger partial charge in [0.25, 0.3) is 0 Å². The molecule has 0 atom stereocenters. The Morgan fingerprint density at radius 3 is 2.07 bits per heavy atom. The van der Waals surface area contributed by atoms with Crippen LogP contribution in [0.4, 0.5) is 0 Å². The van der Waals surface area contributed by atoms with Crippen molar-refractivity contribution >= 4 is 0 Å². The van der Waals surface area contributed by atoms with Crippen molar-refractivity contribution in [3.63, 3.8) is 0 Å². The van der Waals surface area contributed by atoms with Gasteiger partial charge in [-0.1, -0.05) is 0 Å². The van der Waals surface area contributed by atoms with Crippen molar-refractivity contribution in [3.05, 3.63) is 28.3 Å². The zero-order valence-electron chi connectivity index (χ0n) is 10.7. The molecule has 0 fully saturated rings. The third kappa shape index (κ3) is 2.72. The molecule has 0 aliphatic carbocycles. The lowest BCUT2D eigenvalue weighted by Crippen LogP contribution is -2.33. The fourth-order valence-corrected chi connectivity index (χ4v) is 1.79. The van der Waals surface area contributed by atoms with E-state index in [9.17, 15) is 5.11 Å². The van der Waals surface area contributed by atoms with Gasteiger partial charge in [0.1, 0.15) is 12.3 Å². The van der Waals surface area contributed by atoms with Gasteiger partial charge in [0.05, 0.1) is 26.7 Å². The van der Waals surface area contributed by atoms with Gasteiger partial charge in [-0.25, -0.2) is 0 Å². The Kier molecular flexibility index (Phi) is 3.10. The predicted octanol–water partition coefficient (Wildman–Crippen LogP) is 2.52. The van der Waals surface area contributed by atoms with Crippen LogP contribution in [0.1, 0.15) is 22.3 Å². The zero-order chi connectivity index (χ0) is 11.8. The molecule has 0 radical (unpaired) electrons. The highest BCUT2D eigenvalue weighted by Gasteiger charge is 2.16. The number of aromatic hydroxyl groups is 1. The molecule has 1 N–H and O–H groups in total. The fraction of sp³-hybridized carbons (Fsp3) is 0.538. The molecule has 15 heavy (non-hydrogen) atoms. The maximum Gasteiger partial charge on any atom is 0.124 e. The number of benzene rings is 1. The van der Waals surface area contributed by atoms with Gasteiger partial charge < -0.3 is 9.59 Å². The maximum atomic E-state index is 9.95. The summed E-state index contributed by atoms with van der Waals surface area (Å²) in [6.07, 6.45) is 0. The van der Waals surface area contributed by atoms with Crippen molar-refractivity contribution in [3.8, 4) is 5.75 Å². The van der Waals surface area contributed by atoms with Crippen LogP contribution in [0.15, 0.2) is 6.07 Å². The predicted molar refractivity (Wildman–Crippen MR) is 64.1 cm³/mol. The molecule has 2 nitrogen and oxygen atoms in total. The van der Waals surface area contributed by atoms with Crippen LogP contribution >= 0.6 is 0 Å². The fourth-order valence-electron chi connectivity index (χ4n) is 1.79. The van der Waals surface area contributed by atoms with E-state index in [4.69, 9.17) is 0 Å². The van der Waals surface area contributed by atoms with Crippen molar-refractivity contribution in [2.45, 2.75) is 27.3 Å². The maximum absolute atomic E-state index is 9.95. The molecule has 0 unspecified atom stereocenters. The minimum atomic E-state index is 0.434. The SMILES string of the molecule is Cc1cc(O)c(C[N+](C)(C)C)c(C)c1C. The molecule has 84 valence electrons. The Labute approximate surface area is 92.8 Å². The molecule has 1 rings (SSSR count). The summed E-state index contributed by atoms with van der Waals surface area (Å²) in [7, 11) is 6.40. The molecule has 0 aromatic heterocycles. The number of aryl methyl sites for hydroxylation is 1. The normalized spacial score (nSPS) is 11.9. The van der Waals surface area contributed by atoms with E-state index >= 15 is 0 Å². The number of rotatable bonds is 2. The van der Waals surface area contributed by atoms with Crippen LogP contribution in [-0.2, 0) is 6.54 Å². The number of phenolic OH excluding ortho intramolecular Hbond substituents is 1. The number of hydrogen-bond acceptors (Lipinski definition) is 1. The van der Waals surface area contributed by atoms with Crippen LogP contribution in [0.5, 0.6) is 5.75 Å². The molecule has 1 aromatic carbocycles. The molecular weight excluding hydrogens is 186 g/mol. The Balaban J connectivity index is 3.24. The number of hydrogen-bond donors (Lipinski definition) is 1. The Hall–Kier alpha value is -1.02. The van der Waals surface area contributed by atoms with E-state index in [2.05, 4.69) is 35.0 Å². The molecular formula is C13H22NO+. The van der Waals surface area contributed by atoms with Gasteiger partial charge >= 0.3 is 0 Å². The molecule has 0 saturated carbocycles. The molecule has 0 amide bonds. The average Bonchev–Trinajstić information content (AvgIpc) is 2.07. The molecule has 0 heterocycles. The lowest BCUT2D eigenvalue weighted by molar-refractivity contribution is -0.884. The standard InChI is InChI=1S/C13H21NO/c1-9-7-13(15)12(8-14(4,5)6)11(3)10(9)2/h7H,8H2,1-6H3/p+1. The third-order valence-corrected chi connectivity index (χ3v) is 2.90. The molecule has 0 saturated heterocycles. The summed E-state index contributed by atoms with van der Waals surface area (Å²) in [5.74, 6) is 0.434. The van der Waals surface area contributed by atoms with E-state index in [1.165, 1.54) is 11.1 Å². The van der Waals surface area contributed by atoms with Gasteiger partial charge in [0.15, 0.2) is 0 Å². The van der Waals surface area contributed by atoms with E-state index in [-0.39, 0.29) is 0 Å². The number of phenols is 1. The minimum Gasteiger partial charge on any atom is -0.507 e. The summed E-state index contributed by atoms with van der Waals surface area (Å²) in [4.78, 5) is 0. The molecule has 0 aliphatic heterocycles. The summed E-state index contributed by atoms with van der Waals surface area (Å²) >= 11 is 0. The lowest BCUT2D eigenvalue weighted by Gasteiger charge is -2.26. The summed E-state index contributed by atoms with van der Waals surface area (Å²) in [5.41, 5.74) is 4.75. The van der Waals surface area contributed by atoms with Crippen molar-refractivity contribution in [2.24, 2.45) is 0 Å².